The van der Waals surface area contributed by atoms with Crippen molar-refractivity contribution in [3.63, 3.8) is 0 Å². The molecule has 2 atom stereocenters. The number of carbonyl (C=O) groups is 1. The van der Waals surface area contributed by atoms with E-state index in [0.717, 1.165) is 17.4 Å². The van der Waals surface area contributed by atoms with Crippen LogP contribution in [0.1, 0.15) is 34.4 Å². The summed E-state index contributed by atoms with van der Waals surface area (Å²) in [6.45, 7) is 0.164. The van der Waals surface area contributed by atoms with E-state index in [4.69, 9.17) is 5.11 Å². The molecule has 5 N–H and O–H groups in total. The maximum atomic E-state index is 11.5. The van der Waals surface area contributed by atoms with Gasteiger partial charge in [0.05, 0.1) is 24.5 Å². The molecule has 0 aliphatic rings. The molecule has 0 saturated carbocycles. The van der Waals surface area contributed by atoms with E-state index in [1.165, 1.54) is 18.2 Å². The summed E-state index contributed by atoms with van der Waals surface area (Å²) in [4.78, 5) is 11.0. The van der Waals surface area contributed by atoms with Crippen LogP contribution < -0.4 is 10.0 Å². The number of aromatic hydroxyl groups is 1. The molecule has 34 heavy (non-hydrogen) atoms. The molecule has 3 aromatic carbocycles. The minimum Gasteiger partial charge on any atom is -0.506 e. The number of carboxylic acid groups (broad SMARTS) is 1. The Hall–Kier alpha value is -3.40. The number of nitrogens with one attached hydrogen (secondary N) is 2. The Kier molecular flexibility index (Phi) is 8.27. The number of aliphatic hydroxyl groups is 1. The summed E-state index contributed by atoms with van der Waals surface area (Å²) in [5.41, 5.74) is 3.16. The molecule has 0 saturated heterocycles. The lowest BCUT2D eigenvalue weighted by atomic mass is 9.97. The van der Waals surface area contributed by atoms with Gasteiger partial charge in [0.25, 0.3) is 0 Å². The Morgan fingerprint density at radius 3 is 2.21 bits per heavy atom. The first kappa shape index (κ1) is 25.2. The quantitative estimate of drug-likeness (QED) is 0.264. The number of anilines is 1. The van der Waals surface area contributed by atoms with Gasteiger partial charge in [0.15, 0.2) is 0 Å². The van der Waals surface area contributed by atoms with Crippen molar-refractivity contribution in [3.8, 4) is 5.75 Å². The zero-order valence-corrected chi connectivity index (χ0v) is 19.5. The van der Waals surface area contributed by atoms with Crippen molar-refractivity contribution in [2.45, 2.75) is 25.0 Å². The molecule has 8 nitrogen and oxygen atoms in total. The van der Waals surface area contributed by atoms with Gasteiger partial charge in [-0.15, -0.1) is 0 Å². The van der Waals surface area contributed by atoms with E-state index in [0.29, 0.717) is 17.5 Å². The first-order valence-electron chi connectivity index (χ1n) is 10.7. The number of rotatable bonds is 11. The van der Waals surface area contributed by atoms with Crippen molar-refractivity contribution in [2.75, 3.05) is 17.5 Å². The Morgan fingerprint density at radius 2 is 1.59 bits per heavy atom. The highest BCUT2D eigenvalue weighted by Gasteiger charge is 2.17. The lowest BCUT2D eigenvalue weighted by Gasteiger charge is -2.22. The molecule has 2 unspecified atom stereocenters. The third-order valence-corrected chi connectivity index (χ3v) is 5.87. The monoisotopic (exact) mass is 484 g/mol. The highest BCUT2D eigenvalue weighted by atomic mass is 32.2. The van der Waals surface area contributed by atoms with E-state index in [-0.39, 0.29) is 30.4 Å². The molecule has 3 aromatic rings. The summed E-state index contributed by atoms with van der Waals surface area (Å²) < 4.78 is 25.3. The highest BCUT2D eigenvalue weighted by Crippen LogP contribution is 2.28. The van der Waals surface area contributed by atoms with Crippen molar-refractivity contribution < 1.29 is 28.5 Å². The number of benzene rings is 3. The Balaban J connectivity index is 1.77. The first-order valence-corrected chi connectivity index (χ1v) is 12.6. The van der Waals surface area contributed by atoms with Gasteiger partial charge in [-0.05, 0) is 40.8 Å². The fourth-order valence-electron chi connectivity index (χ4n) is 3.61. The van der Waals surface area contributed by atoms with Crippen LogP contribution in [0.5, 0.6) is 5.75 Å². The largest absolute Gasteiger partial charge is 0.506 e. The van der Waals surface area contributed by atoms with E-state index in [2.05, 4.69) is 10.0 Å². The average Bonchev–Trinajstić information content (AvgIpc) is 2.78. The number of sulfonamides is 1. The molecular formula is C25H28N2O6S. The van der Waals surface area contributed by atoms with Crippen molar-refractivity contribution >= 4 is 21.7 Å². The summed E-state index contributed by atoms with van der Waals surface area (Å²) in [5.74, 6) is -1.13. The molecule has 0 radical (unpaired) electrons. The van der Waals surface area contributed by atoms with E-state index in [1.807, 2.05) is 42.5 Å². The van der Waals surface area contributed by atoms with Gasteiger partial charge in [-0.25, -0.2) is 8.42 Å². The van der Waals surface area contributed by atoms with Gasteiger partial charge in [0.2, 0.25) is 10.0 Å². The second kappa shape index (κ2) is 11.1. The van der Waals surface area contributed by atoms with E-state index in [1.54, 1.807) is 12.1 Å². The van der Waals surface area contributed by atoms with Crippen LogP contribution in [0.25, 0.3) is 0 Å². The number of hydrogen-bond donors (Lipinski definition) is 5. The van der Waals surface area contributed by atoms with E-state index >= 15 is 0 Å². The third-order valence-electron chi connectivity index (χ3n) is 5.28. The number of phenols is 1. The topological polar surface area (TPSA) is 136 Å². The molecular weight excluding hydrogens is 456 g/mol. The summed E-state index contributed by atoms with van der Waals surface area (Å²) in [6.07, 6.45) is 0.598. The highest BCUT2D eigenvalue weighted by molar-refractivity contribution is 7.92. The predicted octanol–water partition coefficient (Wildman–Crippen LogP) is 3.00. The molecule has 0 fully saturated rings. The minimum atomic E-state index is -3.59. The fourth-order valence-corrected chi connectivity index (χ4v) is 4.18. The zero-order valence-electron chi connectivity index (χ0n) is 18.7. The molecule has 0 bridgehead atoms. The fraction of sp³-hybridized carbons (Fsp3) is 0.240. The summed E-state index contributed by atoms with van der Waals surface area (Å²) in [7, 11) is -3.59. The molecule has 180 valence electrons. The Labute approximate surface area is 199 Å². The molecule has 0 heterocycles. The maximum Gasteiger partial charge on any atom is 0.307 e. The van der Waals surface area contributed by atoms with Crippen molar-refractivity contribution in [2.24, 2.45) is 0 Å². The molecule has 0 aromatic heterocycles. The maximum absolute atomic E-state index is 11.5. The minimum absolute atomic E-state index is 0.00564. The number of aliphatic hydroxyl groups excluding tert-OH is 1. The second-order valence-corrected chi connectivity index (χ2v) is 9.88. The lowest BCUT2D eigenvalue weighted by Crippen LogP contribution is -2.28. The molecule has 0 amide bonds. The van der Waals surface area contributed by atoms with Gasteiger partial charge in [-0.2, -0.15) is 0 Å². The van der Waals surface area contributed by atoms with Crippen molar-refractivity contribution in [3.05, 3.63) is 95.1 Å². The van der Waals surface area contributed by atoms with E-state index in [9.17, 15) is 23.4 Å². The summed E-state index contributed by atoms with van der Waals surface area (Å²) in [5, 5.41) is 33.0. The Morgan fingerprint density at radius 1 is 0.941 bits per heavy atom. The van der Waals surface area contributed by atoms with Gasteiger partial charge < -0.3 is 20.6 Å². The van der Waals surface area contributed by atoms with Crippen LogP contribution in [0, 0.1) is 0 Å². The zero-order chi connectivity index (χ0) is 24.7. The van der Waals surface area contributed by atoms with Crippen molar-refractivity contribution in [1.82, 2.24) is 5.32 Å². The van der Waals surface area contributed by atoms with Crippen LogP contribution in [-0.2, 0) is 27.7 Å². The SMILES string of the molecule is CS(=O)(=O)Nc1cc(C(O)CNC(Cc2ccccc2)c2ccc(CC(=O)O)cc2)ccc1O. The number of phenolic OH excluding ortho intramolecular Hbond substituents is 1. The predicted molar refractivity (Wildman–Crippen MR) is 130 cm³/mol. The average molecular weight is 485 g/mol. The molecule has 3 rings (SSSR count). The van der Waals surface area contributed by atoms with Gasteiger partial charge >= 0.3 is 5.97 Å². The molecule has 0 spiro atoms. The van der Waals surface area contributed by atoms with Crippen molar-refractivity contribution in [1.29, 1.82) is 0 Å². The van der Waals surface area contributed by atoms with Crippen LogP contribution in [-0.4, -0.2) is 42.5 Å². The lowest BCUT2D eigenvalue weighted by molar-refractivity contribution is -0.136. The number of carboxylic acids is 1. The Bertz CT molecular complexity index is 1210. The van der Waals surface area contributed by atoms with Crippen LogP contribution in [0.4, 0.5) is 5.69 Å². The van der Waals surface area contributed by atoms with Crippen LogP contribution in [0.2, 0.25) is 0 Å². The van der Waals surface area contributed by atoms with Gasteiger partial charge in [-0.3, -0.25) is 9.52 Å². The van der Waals surface area contributed by atoms with Gasteiger partial charge in [0.1, 0.15) is 5.75 Å². The van der Waals surface area contributed by atoms with Gasteiger partial charge in [-0.1, -0.05) is 60.7 Å². The van der Waals surface area contributed by atoms with Crippen LogP contribution in [0.3, 0.4) is 0 Å². The first-order chi connectivity index (χ1) is 16.1. The molecule has 9 heteroatoms. The standard InChI is InChI=1S/C25H28N2O6S/c1-34(32,33)27-22-15-20(11-12-23(22)28)24(29)16-26-21(13-17-5-3-2-4-6-17)19-9-7-18(8-10-19)14-25(30)31/h2-12,15,21,24,26-29H,13-14,16H2,1H3,(H,30,31). The third kappa shape index (κ3) is 7.58. The van der Waals surface area contributed by atoms with Crippen LogP contribution in [0.15, 0.2) is 72.8 Å². The smallest absolute Gasteiger partial charge is 0.307 e. The molecule has 0 aliphatic heterocycles. The number of aliphatic carboxylic acids is 1. The van der Waals surface area contributed by atoms with Crippen LogP contribution >= 0.6 is 0 Å². The normalized spacial score (nSPS) is 13.2. The molecule has 0 aliphatic carbocycles. The van der Waals surface area contributed by atoms with E-state index < -0.39 is 22.1 Å². The number of hydrogen-bond acceptors (Lipinski definition) is 6. The summed E-state index contributed by atoms with van der Waals surface area (Å²) in [6, 6.07) is 21.2. The second-order valence-electron chi connectivity index (χ2n) is 8.13. The van der Waals surface area contributed by atoms with Gasteiger partial charge in [0, 0.05) is 12.6 Å². The summed E-state index contributed by atoms with van der Waals surface area (Å²) >= 11 is 0.